The van der Waals surface area contributed by atoms with Crippen LogP contribution in [0.2, 0.25) is 0 Å². The van der Waals surface area contributed by atoms with Gasteiger partial charge in [0.25, 0.3) is 0 Å². The van der Waals surface area contributed by atoms with Crippen molar-refractivity contribution in [2.75, 3.05) is 6.54 Å². The number of rotatable bonds is 0. The van der Waals surface area contributed by atoms with E-state index in [1.54, 1.807) is 0 Å². The first-order valence-electron chi connectivity index (χ1n) is 5.92. The van der Waals surface area contributed by atoms with Crippen LogP contribution in [0.4, 0.5) is 5.69 Å². The fraction of sp³-hybridized carbons (Fsp3) is 0.357. The molecule has 2 aliphatic heterocycles. The average molecular weight is 210 g/mol. The van der Waals surface area contributed by atoms with E-state index in [4.69, 9.17) is 4.99 Å². The topological polar surface area (TPSA) is 24.4 Å². The minimum Gasteiger partial charge on any atom is -0.307 e. The lowest BCUT2D eigenvalue weighted by Gasteiger charge is -2.32. The van der Waals surface area contributed by atoms with Crippen molar-refractivity contribution in [3.63, 3.8) is 0 Å². The molecule has 0 radical (unpaired) electrons. The Kier molecular flexibility index (Phi) is 1.43. The molecular formula is C14H14N2. The molecule has 3 aliphatic rings. The Labute approximate surface area is 95.1 Å². The highest BCUT2D eigenvalue weighted by atomic mass is 15.1. The molecule has 2 fully saturated rings. The molecule has 2 heterocycles. The minimum atomic E-state index is 0.0412. The zero-order chi connectivity index (χ0) is 10.8. The maximum absolute atomic E-state index is 4.83. The lowest BCUT2D eigenvalue weighted by Crippen LogP contribution is -2.39. The molecule has 16 heavy (non-hydrogen) atoms. The lowest BCUT2D eigenvalue weighted by atomic mass is 9.68. The highest BCUT2D eigenvalue weighted by Gasteiger charge is 2.54. The Balaban J connectivity index is 2.04. The Morgan fingerprint density at radius 2 is 2.25 bits per heavy atom. The maximum atomic E-state index is 4.83. The number of nitrogens with zero attached hydrogens (tertiary/aromatic N) is 1. The average Bonchev–Trinajstić information content (AvgIpc) is 2.76. The fourth-order valence-corrected chi connectivity index (χ4v) is 3.50. The van der Waals surface area contributed by atoms with Crippen LogP contribution in [0.15, 0.2) is 41.4 Å². The van der Waals surface area contributed by atoms with E-state index in [0.29, 0.717) is 6.04 Å². The van der Waals surface area contributed by atoms with Crippen LogP contribution in [-0.2, 0) is 5.41 Å². The molecule has 1 aliphatic carbocycles. The summed E-state index contributed by atoms with van der Waals surface area (Å²) in [7, 11) is 0. The van der Waals surface area contributed by atoms with Crippen LogP contribution in [0.3, 0.4) is 0 Å². The van der Waals surface area contributed by atoms with Crippen molar-refractivity contribution in [2.24, 2.45) is 4.99 Å². The second-order valence-electron chi connectivity index (χ2n) is 5.00. The molecule has 0 spiro atoms. The predicted octanol–water partition coefficient (Wildman–Crippen LogP) is 2.33. The van der Waals surface area contributed by atoms with E-state index in [1.807, 2.05) is 0 Å². The number of nitrogens with one attached hydrogen (secondary N) is 1. The fourth-order valence-electron chi connectivity index (χ4n) is 3.50. The van der Waals surface area contributed by atoms with Crippen molar-refractivity contribution in [1.82, 2.24) is 5.32 Å². The second kappa shape index (κ2) is 2.64. The number of fused-ring (bicyclic) bond motifs is 1. The van der Waals surface area contributed by atoms with Crippen LogP contribution in [-0.4, -0.2) is 18.3 Å². The number of hydrogen-bond acceptors (Lipinski definition) is 2. The third-order valence-corrected chi connectivity index (χ3v) is 4.32. The van der Waals surface area contributed by atoms with Crippen LogP contribution in [0, 0.1) is 0 Å². The molecule has 0 amide bonds. The summed E-state index contributed by atoms with van der Waals surface area (Å²) in [5.41, 5.74) is 5.23. The summed E-state index contributed by atoms with van der Waals surface area (Å²) < 4.78 is 0. The molecule has 4 rings (SSSR count). The molecule has 2 nitrogen and oxygen atoms in total. The lowest BCUT2D eigenvalue weighted by molar-refractivity contribution is 0.659. The molecule has 2 unspecified atom stereocenters. The number of aliphatic imine (C=N–C) groups is 1. The van der Waals surface area contributed by atoms with Crippen LogP contribution in [0.1, 0.15) is 18.4 Å². The van der Waals surface area contributed by atoms with E-state index in [-0.39, 0.29) is 5.41 Å². The maximum Gasteiger partial charge on any atom is 0.0703 e. The van der Waals surface area contributed by atoms with Crippen molar-refractivity contribution < 1.29 is 0 Å². The Morgan fingerprint density at radius 3 is 3.19 bits per heavy atom. The first kappa shape index (κ1) is 8.71. The van der Waals surface area contributed by atoms with E-state index in [0.717, 1.165) is 25.1 Å². The standard InChI is InChI=1S/C14H14N2/c1-9-6-7-12-13-14(9,8-15-12)10-4-2-3-5-11(10)16-13/h2-5,12,15H,1,6-8H2. The number of hydrogen-bond donors (Lipinski definition) is 1. The van der Waals surface area contributed by atoms with Gasteiger partial charge in [-0.3, -0.25) is 4.99 Å². The van der Waals surface area contributed by atoms with E-state index in [2.05, 4.69) is 36.2 Å². The van der Waals surface area contributed by atoms with Gasteiger partial charge in [-0.25, -0.2) is 0 Å². The van der Waals surface area contributed by atoms with E-state index >= 15 is 0 Å². The van der Waals surface area contributed by atoms with Crippen molar-refractivity contribution in [3.05, 3.63) is 42.0 Å². The normalized spacial score (nSPS) is 34.6. The minimum absolute atomic E-state index is 0.0412. The SMILES string of the molecule is C=C1CCC2NCC13C2=Nc1ccccc13. The van der Waals surface area contributed by atoms with Gasteiger partial charge in [-0.05, 0) is 24.5 Å². The van der Waals surface area contributed by atoms with Gasteiger partial charge in [0.2, 0.25) is 0 Å². The summed E-state index contributed by atoms with van der Waals surface area (Å²) in [4.78, 5) is 4.83. The third-order valence-electron chi connectivity index (χ3n) is 4.32. The highest BCUT2D eigenvalue weighted by molar-refractivity contribution is 6.10. The molecule has 2 atom stereocenters. The molecule has 1 N–H and O–H groups in total. The Hall–Kier alpha value is -1.41. The van der Waals surface area contributed by atoms with Gasteiger partial charge < -0.3 is 5.32 Å². The quantitative estimate of drug-likeness (QED) is 0.653. The second-order valence-corrected chi connectivity index (χ2v) is 5.00. The number of para-hydroxylation sites is 1. The summed E-state index contributed by atoms with van der Waals surface area (Å²) in [6.45, 7) is 5.30. The van der Waals surface area contributed by atoms with Gasteiger partial charge >= 0.3 is 0 Å². The summed E-state index contributed by atoms with van der Waals surface area (Å²) >= 11 is 0. The monoisotopic (exact) mass is 210 g/mol. The molecule has 2 bridgehead atoms. The molecule has 1 saturated heterocycles. The van der Waals surface area contributed by atoms with E-state index in [1.165, 1.54) is 16.8 Å². The molecule has 1 saturated carbocycles. The predicted molar refractivity (Wildman–Crippen MR) is 65.4 cm³/mol. The van der Waals surface area contributed by atoms with Gasteiger partial charge in [0.05, 0.1) is 16.8 Å². The molecule has 80 valence electrons. The zero-order valence-electron chi connectivity index (χ0n) is 9.16. The van der Waals surface area contributed by atoms with Gasteiger partial charge in [0.15, 0.2) is 0 Å². The van der Waals surface area contributed by atoms with Crippen molar-refractivity contribution in [2.45, 2.75) is 24.3 Å². The first-order chi connectivity index (χ1) is 7.82. The van der Waals surface area contributed by atoms with Crippen LogP contribution in [0.5, 0.6) is 0 Å². The summed E-state index contributed by atoms with van der Waals surface area (Å²) in [5.74, 6) is 0. The van der Waals surface area contributed by atoms with E-state index < -0.39 is 0 Å². The summed E-state index contributed by atoms with van der Waals surface area (Å²) in [6, 6.07) is 9.00. The summed E-state index contributed by atoms with van der Waals surface area (Å²) in [6.07, 6.45) is 2.29. The highest BCUT2D eigenvalue weighted by Crippen LogP contribution is 2.51. The van der Waals surface area contributed by atoms with Gasteiger partial charge in [0.1, 0.15) is 0 Å². The molecule has 0 aromatic heterocycles. The van der Waals surface area contributed by atoms with Crippen molar-refractivity contribution >= 4 is 11.4 Å². The van der Waals surface area contributed by atoms with Crippen molar-refractivity contribution in [1.29, 1.82) is 0 Å². The van der Waals surface area contributed by atoms with Crippen LogP contribution < -0.4 is 5.32 Å². The zero-order valence-corrected chi connectivity index (χ0v) is 9.16. The summed E-state index contributed by atoms with van der Waals surface area (Å²) in [5, 5.41) is 3.59. The van der Waals surface area contributed by atoms with Gasteiger partial charge in [-0.1, -0.05) is 30.4 Å². The Bertz CT molecular complexity index is 529. The largest absolute Gasteiger partial charge is 0.307 e. The number of benzene rings is 1. The van der Waals surface area contributed by atoms with Gasteiger partial charge in [-0.15, -0.1) is 0 Å². The smallest absolute Gasteiger partial charge is 0.0703 e. The van der Waals surface area contributed by atoms with Crippen molar-refractivity contribution in [3.8, 4) is 0 Å². The first-order valence-corrected chi connectivity index (χ1v) is 5.92. The van der Waals surface area contributed by atoms with Gasteiger partial charge in [-0.2, -0.15) is 0 Å². The van der Waals surface area contributed by atoms with Gasteiger partial charge in [0, 0.05) is 12.6 Å². The Morgan fingerprint density at radius 1 is 1.38 bits per heavy atom. The van der Waals surface area contributed by atoms with Crippen LogP contribution in [0.25, 0.3) is 0 Å². The molecule has 1 aromatic rings. The van der Waals surface area contributed by atoms with Crippen LogP contribution >= 0.6 is 0 Å². The molecule has 1 aromatic carbocycles. The van der Waals surface area contributed by atoms with E-state index in [9.17, 15) is 0 Å². The third kappa shape index (κ3) is 0.779. The molecular weight excluding hydrogens is 196 g/mol. The molecule has 2 heteroatoms.